The van der Waals surface area contributed by atoms with Crippen LogP contribution in [0.15, 0.2) is 23.2 Å². The number of rotatable bonds is 4. The van der Waals surface area contributed by atoms with E-state index >= 15 is 0 Å². The summed E-state index contributed by atoms with van der Waals surface area (Å²) in [6.45, 7) is 7.62. The third kappa shape index (κ3) is 2.94. The lowest BCUT2D eigenvalue weighted by Crippen LogP contribution is -2.55. The van der Waals surface area contributed by atoms with Gasteiger partial charge in [-0.2, -0.15) is 4.31 Å². The van der Waals surface area contributed by atoms with Gasteiger partial charge >= 0.3 is 0 Å². The molecule has 0 amide bonds. The molecule has 1 aliphatic heterocycles. The predicted molar refractivity (Wildman–Crippen MR) is 77.2 cm³/mol. The van der Waals surface area contributed by atoms with Gasteiger partial charge in [0.15, 0.2) is 0 Å². The summed E-state index contributed by atoms with van der Waals surface area (Å²) >= 11 is 0. The van der Waals surface area contributed by atoms with Gasteiger partial charge in [0.1, 0.15) is 10.7 Å². The van der Waals surface area contributed by atoms with Crippen molar-refractivity contribution in [1.82, 2.24) is 9.29 Å². The first kappa shape index (κ1) is 15.2. The number of nitrogens with one attached hydrogen (secondary N) is 1. The summed E-state index contributed by atoms with van der Waals surface area (Å²) < 4.78 is 32.2. The number of sulfonamides is 1. The lowest BCUT2D eigenvalue weighted by molar-refractivity contribution is -0.00771. The first-order valence-corrected chi connectivity index (χ1v) is 8.12. The number of hydrogen-bond acceptors (Lipinski definition) is 5. The lowest BCUT2D eigenvalue weighted by Gasteiger charge is -2.40. The number of ether oxygens (including phenoxy) is 1. The highest BCUT2D eigenvalue weighted by molar-refractivity contribution is 7.89. The summed E-state index contributed by atoms with van der Waals surface area (Å²) in [5, 5.41) is 3.04. The van der Waals surface area contributed by atoms with Crippen molar-refractivity contribution in [2.75, 3.05) is 31.6 Å². The zero-order valence-corrected chi connectivity index (χ0v) is 12.9. The van der Waals surface area contributed by atoms with Crippen LogP contribution in [-0.4, -0.2) is 49.5 Å². The van der Waals surface area contributed by atoms with Crippen molar-refractivity contribution < 1.29 is 13.2 Å². The molecule has 1 aromatic heterocycles. The Morgan fingerprint density at radius 2 is 2.20 bits per heavy atom. The largest absolute Gasteiger partial charge is 0.378 e. The van der Waals surface area contributed by atoms with E-state index in [1.807, 2.05) is 20.8 Å². The lowest BCUT2D eigenvalue weighted by atomic mass is 10.1. The highest BCUT2D eigenvalue weighted by Gasteiger charge is 2.39. The molecule has 112 valence electrons. The van der Waals surface area contributed by atoms with E-state index in [4.69, 9.17) is 4.74 Å². The molecule has 0 radical (unpaired) electrons. The van der Waals surface area contributed by atoms with Gasteiger partial charge in [0.05, 0.1) is 18.8 Å². The molecule has 1 fully saturated rings. The molecular weight excluding hydrogens is 278 g/mol. The fraction of sp³-hybridized carbons (Fsp3) is 0.615. The van der Waals surface area contributed by atoms with E-state index in [0.29, 0.717) is 25.6 Å². The Hall–Kier alpha value is -1.18. The molecule has 0 aromatic carbocycles. The number of morpholine rings is 1. The third-order valence-electron chi connectivity index (χ3n) is 3.25. The van der Waals surface area contributed by atoms with Gasteiger partial charge in [-0.25, -0.2) is 13.4 Å². The van der Waals surface area contributed by atoms with Crippen LogP contribution < -0.4 is 5.32 Å². The Morgan fingerprint density at radius 3 is 2.75 bits per heavy atom. The maximum Gasteiger partial charge on any atom is 0.245 e. The van der Waals surface area contributed by atoms with Crippen LogP contribution >= 0.6 is 0 Å². The van der Waals surface area contributed by atoms with Crippen LogP contribution in [-0.2, 0) is 14.8 Å². The molecule has 0 bridgehead atoms. The summed E-state index contributed by atoms with van der Waals surface area (Å²) in [6.07, 6.45) is 1.40. The van der Waals surface area contributed by atoms with Crippen LogP contribution in [0.3, 0.4) is 0 Å². The van der Waals surface area contributed by atoms with E-state index in [1.54, 1.807) is 12.1 Å². The SMILES string of the molecule is CCNc1ccc(S(=O)(=O)N2CCOCC2(C)C)cn1. The second-order valence-corrected chi connectivity index (χ2v) is 7.21. The fourth-order valence-corrected chi connectivity index (χ4v) is 3.93. The summed E-state index contributed by atoms with van der Waals surface area (Å²) in [6, 6.07) is 3.27. The number of pyridine rings is 1. The van der Waals surface area contributed by atoms with Gasteiger partial charge in [-0.1, -0.05) is 0 Å². The average Bonchev–Trinajstić information content (AvgIpc) is 2.39. The second kappa shape index (κ2) is 5.67. The fourth-order valence-electron chi connectivity index (χ4n) is 2.24. The van der Waals surface area contributed by atoms with Crippen molar-refractivity contribution >= 4 is 15.8 Å². The van der Waals surface area contributed by atoms with Gasteiger partial charge in [0, 0.05) is 19.3 Å². The molecule has 0 aliphatic carbocycles. The van der Waals surface area contributed by atoms with Crippen molar-refractivity contribution in [2.24, 2.45) is 0 Å². The summed E-state index contributed by atoms with van der Waals surface area (Å²) in [5.74, 6) is 0.674. The molecule has 2 rings (SSSR count). The Labute approximate surface area is 120 Å². The van der Waals surface area contributed by atoms with Gasteiger partial charge in [0.2, 0.25) is 10.0 Å². The normalized spacial score (nSPS) is 19.8. The molecule has 1 aromatic rings. The molecule has 0 unspecified atom stereocenters. The van der Waals surface area contributed by atoms with E-state index in [-0.39, 0.29) is 4.90 Å². The first-order chi connectivity index (χ1) is 9.38. The van der Waals surface area contributed by atoms with E-state index < -0.39 is 15.6 Å². The monoisotopic (exact) mass is 299 g/mol. The summed E-state index contributed by atoms with van der Waals surface area (Å²) in [7, 11) is -3.54. The van der Waals surface area contributed by atoms with Crippen LogP contribution in [0.2, 0.25) is 0 Å². The third-order valence-corrected chi connectivity index (χ3v) is 5.35. The topological polar surface area (TPSA) is 71.5 Å². The number of nitrogens with zero attached hydrogens (tertiary/aromatic N) is 2. The van der Waals surface area contributed by atoms with E-state index in [0.717, 1.165) is 6.54 Å². The van der Waals surface area contributed by atoms with Crippen LogP contribution in [0.25, 0.3) is 0 Å². The molecule has 6 nitrogen and oxygen atoms in total. The summed E-state index contributed by atoms with van der Waals surface area (Å²) in [5.41, 5.74) is -0.544. The van der Waals surface area contributed by atoms with Gasteiger partial charge in [-0.05, 0) is 32.9 Å². The van der Waals surface area contributed by atoms with Crippen molar-refractivity contribution in [3.05, 3.63) is 18.3 Å². The molecular formula is C13H21N3O3S. The Kier molecular flexibility index (Phi) is 4.31. The molecule has 1 N–H and O–H groups in total. The second-order valence-electron chi connectivity index (χ2n) is 5.35. The molecule has 7 heteroatoms. The molecule has 1 aliphatic rings. The highest BCUT2D eigenvalue weighted by atomic mass is 32.2. The van der Waals surface area contributed by atoms with Crippen LogP contribution in [0.1, 0.15) is 20.8 Å². The Balaban J connectivity index is 2.29. The molecule has 0 spiro atoms. The number of hydrogen-bond donors (Lipinski definition) is 1. The van der Waals surface area contributed by atoms with Crippen molar-refractivity contribution in [1.29, 1.82) is 0 Å². The number of aromatic nitrogens is 1. The minimum absolute atomic E-state index is 0.217. The van der Waals surface area contributed by atoms with Crippen molar-refractivity contribution in [3.8, 4) is 0 Å². The zero-order chi connectivity index (χ0) is 14.8. The van der Waals surface area contributed by atoms with Crippen LogP contribution in [0, 0.1) is 0 Å². The zero-order valence-electron chi connectivity index (χ0n) is 12.1. The maximum atomic E-state index is 12.7. The maximum absolute atomic E-state index is 12.7. The van der Waals surface area contributed by atoms with Crippen molar-refractivity contribution in [2.45, 2.75) is 31.2 Å². The molecule has 0 atom stereocenters. The standard InChI is InChI=1S/C13H21N3O3S/c1-4-14-12-6-5-11(9-15-12)20(17,18)16-7-8-19-10-13(16,2)3/h5-6,9H,4,7-8,10H2,1-3H3,(H,14,15). The molecule has 20 heavy (non-hydrogen) atoms. The van der Waals surface area contributed by atoms with E-state index in [9.17, 15) is 8.42 Å². The first-order valence-electron chi connectivity index (χ1n) is 6.68. The van der Waals surface area contributed by atoms with Crippen LogP contribution in [0.4, 0.5) is 5.82 Å². The summed E-state index contributed by atoms with van der Waals surface area (Å²) in [4.78, 5) is 4.35. The number of anilines is 1. The van der Waals surface area contributed by atoms with Crippen molar-refractivity contribution in [3.63, 3.8) is 0 Å². The van der Waals surface area contributed by atoms with Gasteiger partial charge in [0.25, 0.3) is 0 Å². The van der Waals surface area contributed by atoms with E-state index in [1.165, 1.54) is 10.5 Å². The highest BCUT2D eigenvalue weighted by Crippen LogP contribution is 2.27. The molecule has 2 heterocycles. The quantitative estimate of drug-likeness (QED) is 0.907. The Morgan fingerprint density at radius 1 is 1.45 bits per heavy atom. The minimum Gasteiger partial charge on any atom is -0.378 e. The Bertz CT molecular complexity index is 555. The molecule has 0 saturated carbocycles. The predicted octanol–water partition coefficient (Wildman–Crippen LogP) is 1.31. The van der Waals surface area contributed by atoms with Gasteiger partial charge in [-0.3, -0.25) is 0 Å². The van der Waals surface area contributed by atoms with Gasteiger partial charge in [-0.15, -0.1) is 0 Å². The van der Waals surface area contributed by atoms with Gasteiger partial charge < -0.3 is 10.1 Å². The van der Waals surface area contributed by atoms with Crippen LogP contribution in [0.5, 0.6) is 0 Å². The molecule has 1 saturated heterocycles. The minimum atomic E-state index is -3.54. The van der Waals surface area contributed by atoms with E-state index in [2.05, 4.69) is 10.3 Å². The average molecular weight is 299 g/mol. The smallest absolute Gasteiger partial charge is 0.245 e.